The zero-order valence-corrected chi connectivity index (χ0v) is 17.7. The Morgan fingerprint density at radius 3 is 2.23 bits per heavy atom. The largest absolute Gasteiger partial charge is 0.511 e. The summed E-state index contributed by atoms with van der Waals surface area (Å²) in [6.45, 7) is 6.46. The molecular formula is C28H27NO. The molecule has 0 saturated carbocycles. The molecule has 1 aliphatic carbocycles. The highest BCUT2D eigenvalue weighted by atomic mass is 16.3. The van der Waals surface area contributed by atoms with E-state index in [4.69, 9.17) is 0 Å². The second kappa shape index (κ2) is 6.91. The van der Waals surface area contributed by atoms with Gasteiger partial charge in [-0.05, 0) is 61.6 Å². The number of allylic oxidation sites excluding steroid dienone is 2. The van der Waals surface area contributed by atoms with Crippen LogP contribution in [0, 0.1) is 13.8 Å². The summed E-state index contributed by atoms with van der Waals surface area (Å²) in [5.41, 5.74) is 8.02. The summed E-state index contributed by atoms with van der Waals surface area (Å²) in [4.78, 5) is 3.68. The standard InChI is InChI=1S/C28H27NO/c1-18-14-15-24-22(16-18)19(2)26(29-24)25(20-10-6-4-7-11-20)23-17-28(3,27(23)30)21-12-8-5-9-13-21/h4-16,25,29-30H,17H2,1-3H3. The van der Waals surface area contributed by atoms with Crippen LogP contribution in [0.4, 0.5) is 0 Å². The van der Waals surface area contributed by atoms with E-state index in [1.807, 2.05) is 24.3 Å². The van der Waals surface area contributed by atoms with E-state index in [0.29, 0.717) is 5.76 Å². The molecule has 2 atom stereocenters. The zero-order chi connectivity index (χ0) is 20.9. The van der Waals surface area contributed by atoms with Crippen molar-refractivity contribution in [3.63, 3.8) is 0 Å². The molecule has 0 saturated heterocycles. The SMILES string of the molecule is Cc1ccc2[nH]c(C(C3=C(O)C(C)(c4ccccc4)C3)c3ccccc3)c(C)c2c1. The minimum absolute atomic E-state index is 0.0238. The van der Waals surface area contributed by atoms with Crippen molar-refractivity contribution >= 4 is 10.9 Å². The van der Waals surface area contributed by atoms with Crippen molar-refractivity contribution in [2.45, 2.75) is 38.5 Å². The van der Waals surface area contributed by atoms with E-state index < -0.39 is 0 Å². The molecule has 0 aliphatic heterocycles. The Kier molecular flexibility index (Phi) is 4.32. The summed E-state index contributed by atoms with van der Waals surface area (Å²) < 4.78 is 0. The third kappa shape index (κ3) is 2.79. The summed E-state index contributed by atoms with van der Waals surface area (Å²) in [5, 5.41) is 12.6. The molecule has 0 amide bonds. The summed E-state index contributed by atoms with van der Waals surface area (Å²) in [5.74, 6) is 0.535. The van der Waals surface area contributed by atoms with E-state index in [-0.39, 0.29) is 11.3 Å². The van der Waals surface area contributed by atoms with Gasteiger partial charge in [0.1, 0.15) is 5.76 Å². The number of aliphatic hydroxyl groups is 1. The Labute approximate surface area is 177 Å². The molecule has 2 nitrogen and oxygen atoms in total. The van der Waals surface area contributed by atoms with Gasteiger partial charge in [-0.25, -0.2) is 0 Å². The molecule has 1 aliphatic rings. The number of aliphatic hydroxyl groups excluding tert-OH is 1. The van der Waals surface area contributed by atoms with Gasteiger partial charge in [0.05, 0.1) is 5.41 Å². The van der Waals surface area contributed by atoms with Crippen LogP contribution < -0.4 is 0 Å². The monoisotopic (exact) mass is 393 g/mol. The van der Waals surface area contributed by atoms with E-state index in [1.165, 1.54) is 33.3 Å². The quantitative estimate of drug-likeness (QED) is 0.381. The van der Waals surface area contributed by atoms with Crippen molar-refractivity contribution in [3.05, 3.63) is 118 Å². The van der Waals surface area contributed by atoms with E-state index in [9.17, 15) is 5.11 Å². The van der Waals surface area contributed by atoms with Crippen LogP contribution in [0.15, 0.2) is 90.2 Å². The molecule has 1 heterocycles. The predicted molar refractivity (Wildman–Crippen MR) is 124 cm³/mol. The van der Waals surface area contributed by atoms with Gasteiger partial charge in [-0.3, -0.25) is 0 Å². The summed E-state index contributed by atoms with van der Waals surface area (Å²) in [6, 6.07) is 27.4. The van der Waals surface area contributed by atoms with Crippen LogP contribution in [0.25, 0.3) is 10.9 Å². The molecule has 0 bridgehead atoms. The molecule has 2 unspecified atom stereocenters. The number of aromatic nitrogens is 1. The molecule has 0 radical (unpaired) electrons. The first-order valence-electron chi connectivity index (χ1n) is 10.6. The van der Waals surface area contributed by atoms with Gasteiger partial charge in [-0.1, -0.05) is 72.3 Å². The van der Waals surface area contributed by atoms with Crippen molar-refractivity contribution in [1.82, 2.24) is 4.98 Å². The molecule has 5 rings (SSSR count). The number of benzene rings is 3. The lowest BCUT2D eigenvalue weighted by Crippen LogP contribution is -2.37. The van der Waals surface area contributed by atoms with Crippen LogP contribution in [-0.2, 0) is 5.41 Å². The minimum atomic E-state index is -0.319. The van der Waals surface area contributed by atoms with Gasteiger partial charge in [-0.2, -0.15) is 0 Å². The van der Waals surface area contributed by atoms with Gasteiger partial charge in [-0.15, -0.1) is 0 Å². The number of rotatable bonds is 4. The minimum Gasteiger partial charge on any atom is -0.511 e. The van der Waals surface area contributed by atoms with E-state index in [2.05, 4.69) is 80.4 Å². The topological polar surface area (TPSA) is 36.0 Å². The summed E-state index contributed by atoms with van der Waals surface area (Å²) >= 11 is 0. The molecule has 0 spiro atoms. The highest BCUT2D eigenvalue weighted by Gasteiger charge is 2.46. The first-order chi connectivity index (χ1) is 14.5. The number of fused-ring (bicyclic) bond motifs is 1. The van der Waals surface area contributed by atoms with Crippen LogP contribution in [0.2, 0.25) is 0 Å². The smallest absolute Gasteiger partial charge is 0.103 e. The number of hydrogen-bond acceptors (Lipinski definition) is 1. The van der Waals surface area contributed by atoms with Crippen LogP contribution in [0.1, 0.15) is 47.2 Å². The third-order valence-electron chi connectivity index (χ3n) is 6.80. The van der Waals surface area contributed by atoms with Crippen LogP contribution >= 0.6 is 0 Å². The average Bonchev–Trinajstić information content (AvgIpc) is 3.10. The number of H-pyrrole nitrogens is 1. The first-order valence-corrected chi connectivity index (χ1v) is 10.6. The fourth-order valence-electron chi connectivity index (χ4n) is 5.02. The molecule has 2 N–H and O–H groups in total. The summed E-state index contributed by atoms with van der Waals surface area (Å²) in [7, 11) is 0. The number of aromatic amines is 1. The number of aryl methyl sites for hydroxylation is 2. The van der Waals surface area contributed by atoms with Crippen LogP contribution in [-0.4, -0.2) is 10.1 Å². The second-order valence-corrected chi connectivity index (χ2v) is 8.81. The van der Waals surface area contributed by atoms with Crippen molar-refractivity contribution in [2.75, 3.05) is 0 Å². The highest BCUT2D eigenvalue weighted by molar-refractivity contribution is 5.85. The van der Waals surface area contributed by atoms with Crippen molar-refractivity contribution in [2.24, 2.45) is 0 Å². The normalized spacial score (nSPS) is 19.7. The van der Waals surface area contributed by atoms with Crippen molar-refractivity contribution in [1.29, 1.82) is 0 Å². The fraction of sp³-hybridized carbons (Fsp3) is 0.214. The Balaban J connectivity index is 1.68. The van der Waals surface area contributed by atoms with Gasteiger partial charge >= 0.3 is 0 Å². The lowest BCUT2D eigenvalue weighted by molar-refractivity contribution is 0.247. The molecule has 30 heavy (non-hydrogen) atoms. The van der Waals surface area contributed by atoms with Crippen molar-refractivity contribution in [3.8, 4) is 0 Å². The maximum atomic E-state index is 11.3. The van der Waals surface area contributed by atoms with Gasteiger partial charge < -0.3 is 10.1 Å². The lowest BCUT2D eigenvalue weighted by Gasteiger charge is -2.43. The van der Waals surface area contributed by atoms with Crippen LogP contribution in [0.5, 0.6) is 0 Å². The third-order valence-corrected chi connectivity index (χ3v) is 6.80. The number of nitrogens with one attached hydrogen (secondary N) is 1. The average molecular weight is 394 g/mol. The Hall–Kier alpha value is -3.26. The Morgan fingerprint density at radius 1 is 0.900 bits per heavy atom. The van der Waals surface area contributed by atoms with Gasteiger partial charge in [0, 0.05) is 22.5 Å². The van der Waals surface area contributed by atoms with E-state index >= 15 is 0 Å². The second-order valence-electron chi connectivity index (χ2n) is 8.81. The molecule has 150 valence electrons. The lowest BCUT2D eigenvalue weighted by atomic mass is 9.61. The van der Waals surface area contributed by atoms with Gasteiger partial charge in [0.2, 0.25) is 0 Å². The fourth-order valence-corrected chi connectivity index (χ4v) is 5.02. The van der Waals surface area contributed by atoms with E-state index in [1.54, 1.807) is 0 Å². The Morgan fingerprint density at radius 2 is 1.57 bits per heavy atom. The maximum absolute atomic E-state index is 11.3. The van der Waals surface area contributed by atoms with E-state index in [0.717, 1.165) is 17.5 Å². The molecule has 4 aromatic rings. The molecular weight excluding hydrogens is 366 g/mol. The Bertz CT molecular complexity index is 1250. The van der Waals surface area contributed by atoms with Gasteiger partial charge in [0.15, 0.2) is 0 Å². The van der Waals surface area contributed by atoms with Crippen molar-refractivity contribution < 1.29 is 5.11 Å². The highest BCUT2D eigenvalue weighted by Crippen LogP contribution is 2.53. The first kappa shape index (κ1) is 18.7. The predicted octanol–water partition coefficient (Wildman–Crippen LogP) is 7.09. The van der Waals surface area contributed by atoms with Crippen LogP contribution in [0.3, 0.4) is 0 Å². The number of hydrogen-bond donors (Lipinski definition) is 2. The molecule has 3 aromatic carbocycles. The summed E-state index contributed by atoms with van der Waals surface area (Å²) in [6.07, 6.45) is 0.843. The maximum Gasteiger partial charge on any atom is 0.103 e. The molecule has 1 aromatic heterocycles. The zero-order valence-electron chi connectivity index (χ0n) is 17.7. The molecule has 2 heteroatoms. The molecule has 0 fully saturated rings. The van der Waals surface area contributed by atoms with Gasteiger partial charge in [0.25, 0.3) is 0 Å².